The van der Waals surface area contributed by atoms with Gasteiger partial charge < -0.3 is 25.0 Å². The van der Waals surface area contributed by atoms with Crippen LogP contribution in [0, 0.1) is 23.7 Å². The van der Waals surface area contributed by atoms with Crippen molar-refractivity contribution in [1.82, 2.24) is 31.5 Å². The van der Waals surface area contributed by atoms with Crippen molar-refractivity contribution in [1.29, 1.82) is 0 Å². The number of halogens is 2. The van der Waals surface area contributed by atoms with Gasteiger partial charge in [-0.3, -0.25) is 25.5 Å². The van der Waals surface area contributed by atoms with Crippen molar-refractivity contribution in [2.75, 3.05) is 40.4 Å². The van der Waals surface area contributed by atoms with E-state index in [4.69, 9.17) is 21.1 Å². The van der Waals surface area contributed by atoms with Crippen LogP contribution in [-0.4, -0.2) is 104 Å². The van der Waals surface area contributed by atoms with Gasteiger partial charge in [0, 0.05) is 57.7 Å². The molecule has 5 aliphatic rings. The third-order valence-electron chi connectivity index (χ3n) is 9.08. The Kier molecular flexibility index (Phi) is 9.41. The number of nitrogens with one attached hydrogen (secondary N) is 5. The van der Waals surface area contributed by atoms with Crippen molar-refractivity contribution in [3.8, 4) is 0 Å². The minimum atomic E-state index is -1.40. The van der Waals surface area contributed by atoms with Crippen LogP contribution in [0.2, 0.25) is 0 Å². The average Bonchev–Trinajstić information content (AvgIpc) is 3.47. The van der Waals surface area contributed by atoms with E-state index < -0.39 is 12.2 Å². The van der Waals surface area contributed by atoms with Crippen molar-refractivity contribution < 1.29 is 23.5 Å². The lowest BCUT2D eigenvalue weighted by Gasteiger charge is -2.45. The molecule has 38 heavy (non-hydrogen) atoms. The van der Waals surface area contributed by atoms with Gasteiger partial charge in [0.25, 0.3) is 0 Å². The van der Waals surface area contributed by atoms with Crippen LogP contribution in [0.4, 0.5) is 4.39 Å². The van der Waals surface area contributed by atoms with Gasteiger partial charge in [0.15, 0.2) is 6.30 Å². The number of likely N-dealkylation sites (tertiary alicyclic amines) is 1. The number of carbonyl (C=O) groups excluding carboxylic acids is 2. The van der Waals surface area contributed by atoms with Gasteiger partial charge in [-0.2, -0.15) is 0 Å². The van der Waals surface area contributed by atoms with Gasteiger partial charge >= 0.3 is 0 Å². The summed E-state index contributed by atoms with van der Waals surface area (Å²) in [6, 6.07) is 0.394. The summed E-state index contributed by atoms with van der Waals surface area (Å²) in [5, 5.41) is 16.4. The van der Waals surface area contributed by atoms with Gasteiger partial charge in [-0.05, 0) is 44.4 Å². The molecule has 5 aliphatic heterocycles. The van der Waals surface area contributed by atoms with Gasteiger partial charge in [-0.1, -0.05) is 0 Å². The normalized spacial score (nSPS) is 45.6. The van der Waals surface area contributed by atoms with E-state index in [1.807, 2.05) is 0 Å². The molecule has 10 nitrogen and oxygen atoms in total. The van der Waals surface area contributed by atoms with Crippen molar-refractivity contribution in [2.24, 2.45) is 23.7 Å². The smallest absolute Gasteiger partial charge is 0.230 e. The quantitative estimate of drug-likeness (QED) is 0.226. The maximum atomic E-state index is 14.6. The first kappa shape index (κ1) is 28.8. The lowest BCUT2D eigenvalue weighted by atomic mass is 9.70. The Morgan fingerprint density at radius 3 is 2.55 bits per heavy atom. The number of fused-ring (bicyclic) bond motifs is 1. The third kappa shape index (κ3) is 6.12. The van der Waals surface area contributed by atoms with Gasteiger partial charge in [0.1, 0.15) is 11.7 Å². The van der Waals surface area contributed by atoms with Crippen LogP contribution in [0.5, 0.6) is 0 Å². The number of hydrogen-bond donors (Lipinski definition) is 5. The van der Waals surface area contributed by atoms with E-state index in [0.717, 1.165) is 12.8 Å². The van der Waals surface area contributed by atoms with Crippen molar-refractivity contribution >= 4 is 35.2 Å². The Morgan fingerprint density at radius 2 is 1.84 bits per heavy atom. The molecule has 0 radical (unpaired) electrons. The van der Waals surface area contributed by atoms with E-state index in [1.165, 1.54) is 7.11 Å². The minimum Gasteiger partial charge on any atom is -0.380 e. The van der Waals surface area contributed by atoms with Gasteiger partial charge in [0.2, 0.25) is 11.8 Å². The summed E-state index contributed by atoms with van der Waals surface area (Å²) < 4.78 is 25.6. The number of amides is 2. The van der Waals surface area contributed by atoms with E-state index >= 15 is 0 Å². The number of methoxy groups -OCH3 is 2. The molecule has 0 aromatic carbocycles. The zero-order valence-electron chi connectivity index (χ0n) is 22.3. The van der Waals surface area contributed by atoms with Crippen LogP contribution in [0.3, 0.4) is 0 Å². The molecule has 5 heterocycles. The molecule has 216 valence electrons. The van der Waals surface area contributed by atoms with Crippen LogP contribution >= 0.6 is 23.4 Å². The van der Waals surface area contributed by atoms with E-state index in [9.17, 15) is 14.0 Å². The summed E-state index contributed by atoms with van der Waals surface area (Å²) >= 11 is 8.11. The summed E-state index contributed by atoms with van der Waals surface area (Å²) in [6.45, 7) is 4.55. The van der Waals surface area contributed by atoms with Crippen molar-refractivity contribution in [3.05, 3.63) is 0 Å². The Hall–Kier alpha value is -0.730. The summed E-state index contributed by atoms with van der Waals surface area (Å²) in [4.78, 5) is 28.4. The number of ether oxygens (including phenoxy) is 2. The molecule has 0 aromatic heterocycles. The minimum absolute atomic E-state index is 0.0288. The van der Waals surface area contributed by atoms with Gasteiger partial charge in [-0.15, -0.1) is 23.4 Å². The molecule has 0 aliphatic carbocycles. The molecule has 0 bridgehead atoms. The topological polar surface area (TPSA) is 116 Å². The van der Waals surface area contributed by atoms with Crippen LogP contribution in [0.25, 0.3) is 0 Å². The number of carbonyl (C=O) groups is 2. The van der Waals surface area contributed by atoms with Crippen molar-refractivity contribution in [2.45, 2.75) is 79.6 Å². The van der Waals surface area contributed by atoms with Crippen LogP contribution in [0.15, 0.2) is 0 Å². The van der Waals surface area contributed by atoms with E-state index in [0.29, 0.717) is 45.1 Å². The summed E-state index contributed by atoms with van der Waals surface area (Å²) in [5.74, 6) is -0.582. The fourth-order valence-corrected chi connectivity index (χ4v) is 8.67. The highest BCUT2D eigenvalue weighted by Crippen LogP contribution is 2.39. The zero-order valence-corrected chi connectivity index (χ0v) is 23.9. The zero-order chi connectivity index (χ0) is 27.0. The molecule has 0 saturated carbocycles. The molecular formula is C25H42ClFN6O4S. The standard InChI is InChI=1S/C25H42ClFN6O4S/c1-12-6-14(15-7-20(26)29-9-18(15)36-2)16(8-28-12)23(34)32-25-30-17-10-33(11-19(17)38-25)24(35)13-4-5-21(37-3)31-22(13)27/h12-22,25,28-31H,4-11H2,1-3H3,(H,32,34). The number of thioether (sulfide) groups is 1. The largest absolute Gasteiger partial charge is 0.380 e. The second-order valence-electron chi connectivity index (χ2n) is 11.4. The maximum Gasteiger partial charge on any atom is 0.230 e. The molecule has 0 aromatic rings. The SMILES string of the molecule is COC1CCC(C(=O)N2CC3NC(NC(=O)C4CNC(C)CC4C4CC(Cl)NCC4OC)SC3C2)C(F)N1. The number of alkyl halides is 2. The second-order valence-corrected chi connectivity index (χ2v) is 13.3. The highest BCUT2D eigenvalue weighted by molar-refractivity contribution is 8.00. The highest BCUT2D eigenvalue weighted by Gasteiger charge is 2.48. The molecule has 12 unspecified atom stereocenters. The molecule has 5 saturated heterocycles. The van der Waals surface area contributed by atoms with E-state index in [1.54, 1.807) is 23.8 Å². The molecule has 5 N–H and O–H groups in total. The second kappa shape index (κ2) is 12.4. The highest BCUT2D eigenvalue weighted by atomic mass is 35.5. The maximum absolute atomic E-state index is 14.6. The molecular weight excluding hydrogens is 535 g/mol. The third-order valence-corrected chi connectivity index (χ3v) is 10.8. The first-order valence-corrected chi connectivity index (χ1v) is 15.2. The van der Waals surface area contributed by atoms with E-state index in [2.05, 4.69) is 33.5 Å². The number of rotatable bonds is 6. The first-order chi connectivity index (χ1) is 18.3. The predicted molar refractivity (Wildman–Crippen MR) is 144 cm³/mol. The van der Waals surface area contributed by atoms with E-state index in [-0.39, 0.29) is 64.2 Å². The summed E-state index contributed by atoms with van der Waals surface area (Å²) in [6.07, 6.45) is 1.03. The Bertz CT molecular complexity index is 851. The summed E-state index contributed by atoms with van der Waals surface area (Å²) in [5.41, 5.74) is -0.328. The monoisotopic (exact) mass is 576 g/mol. The van der Waals surface area contributed by atoms with Crippen LogP contribution in [0.1, 0.15) is 32.6 Å². The average molecular weight is 577 g/mol. The Labute approximate surface area is 233 Å². The Morgan fingerprint density at radius 1 is 1.03 bits per heavy atom. The lowest BCUT2D eigenvalue weighted by molar-refractivity contribution is -0.141. The van der Waals surface area contributed by atoms with Crippen LogP contribution < -0.4 is 26.6 Å². The lowest BCUT2D eigenvalue weighted by Crippen LogP contribution is -2.57. The molecule has 5 rings (SSSR count). The Balaban J connectivity index is 1.15. The molecule has 13 heteroatoms. The number of hydrogen-bond acceptors (Lipinski definition) is 9. The summed E-state index contributed by atoms with van der Waals surface area (Å²) in [7, 11) is 3.27. The fourth-order valence-electron chi connectivity index (χ4n) is 6.97. The van der Waals surface area contributed by atoms with Crippen molar-refractivity contribution in [3.63, 3.8) is 0 Å². The molecule has 5 fully saturated rings. The van der Waals surface area contributed by atoms with Crippen LogP contribution in [-0.2, 0) is 19.1 Å². The number of nitrogens with zero attached hydrogens (tertiary/aromatic N) is 1. The molecule has 12 atom stereocenters. The van der Waals surface area contributed by atoms with Gasteiger partial charge in [-0.25, -0.2) is 4.39 Å². The number of piperidine rings is 3. The predicted octanol–water partition coefficient (Wildman–Crippen LogP) is 0.373. The van der Waals surface area contributed by atoms with Gasteiger partial charge in [0.05, 0.1) is 23.4 Å². The molecule has 0 spiro atoms. The first-order valence-electron chi connectivity index (χ1n) is 13.8. The molecule has 2 amide bonds. The fraction of sp³-hybridized carbons (Fsp3) is 0.920.